The second kappa shape index (κ2) is 51.1. The molecular formula is C57H107NO5. The van der Waals surface area contributed by atoms with E-state index in [2.05, 4.69) is 62.5 Å². The van der Waals surface area contributed by atoms with Gasteiger partial charge < -0.3 is 20.3 Å². The predicted octanol–water partition coefficient (Wildman–Crippen LogP) is 16.8. The number of aliphatic hydroxyl groups excluding tert-OH is 2. The van der Waals surface area contributed by atoms with Crippen LogP contribution in [-0.4, -0.2) is 46.9 Å². The molecule has 0 spiro atoms. The molecule has 6 nitrogen and oxygen atoms in total. The minimum Gasteiger partial charge on any atom is -0.462 e. The van der Waals surface area contributed by atoms with Crippen molar-refractivity contribution in [2.24, 2.45) is 0 Å². The summed E-state index contributed by atoms with van der Waals surface area (Å²) in [6.45, 7) is 6.47. The smallest absolute Gasteiger partial charge is 0.306 e. The van der Waals surface area contributed by atoms with Gasteiger partial charge in [0.1, 0.15) is 6.10 Å². The van der Waals surface area contributed by atoms with Gasteiger partial charge in [0.2, 0.25) is 5.91 Å². The van der Waals surface area contributed by atoms with E-state index in [1.54, 1.807) is 0 Å². The lowest BCUT2D eigenvalue weighted by atomic mass is 10.0. The van der Waals surface area contributed by atoms with Crippen LogP contribution in [-0.2, 0) is 14.3 Å². The van der Waals surface area contributed by atoms with Gasteiger partial charge in [-0.25, -0.2) is 0 Å². The summed E-state index contributed by atoms with van der Waals surface area (Å²) in [6.07, 6.45) is 60.7. The monoisotopic (exact) mass is 886 g/mol. The zero-order valence-corrected chi connectivity index (χ0v) is 42.2. The number of carbonyl (C=O) groups is 2. The summed E-state index contributed by atoms with van der Waals surface area (Å²) in [5, 5.41) is 23.7. The molecular weight excluding hydrogens is 779 g/mol. The fourth-order valence-electron chi connectivity index (χ4n) is 8.55. The van der Waals surface area contributed by atoms with Crippen molar-refractivity contribution in [1.82, 2.24) is 5.32 Å². The van der Waals surface area contributed by atoms with Crippen LogP contribution in [0.2, 0.25) is 0 Å². The van der Waals surface area contributed by atoms with E-state index in [0.717, 1.165) is 70.6 Å². The number of ether oxygens (including phenoxy) is 1. The molecule has 0 saturated heterocycles. The third kappa shape index (κ3) is 46.4. The van der Waals surface area contributed by atoms with Crippen LogP contribution < -0.4 is 5.32 Å². The summed E-state index contributed by atoms with van der Waals surface area (Å²) in [5.74, 6) is -0.494. The van der Waals surface area contributed by atoms with Gasteiger partial charge in [-0.2, -0.15) is 0 Å². The van der Waals surface area contributed by atoms with Crippen molar-refractivity contribution in [1.29, 1.82) is 0 Å². The van der Waals surface area contributed by atoms with Gasteiger partial charge in [-0.05, 0) is 51.4 Å². The van der Waals surface area contributed by atoms with Crippen molar-refractivity contribution in [2.75, 3.05) is 6.61 Å². The molecule has 3 atom stereocenters. The van der Waals surface area contributed by atoms with Gasteiger partial charge in [0, 0.05) is 6.42 Å². The van der Waals surface area contributed by atoms with E-state index in [-0.39, 0.29) is 24.9 Å². The second-order valence-electron chi connectivity index (χ2n) is 19.1. The molecule has 0 rings (SSSR count). The number of unbranched alkanes of at least 4 members (excludes halogenated alkanes) is 34. The first-order valence-electron chi connectivity index (χ1n) is 27.7. The number of aliphatic hydroxyl groups is 2. The van der Waals surface area contributed by atoms with Crippen molar-refractivity contribution in [2.45, 2.75) is 309 Å². The molecule has 0 aliphatic heterocycles. The fraction of sp³-hybridized carbons (Fsp3) is 0.860. The first kappa shape index (κ1) is 61.1. The average molecular weight is 886 g/mol. The highest BCUT2D eigenvalue weighted by Crippen LogP contribution is 2.18. The zero-order valence-electron chi connectivity index (χ0n) is 42.2. The highest BCUT2D eigenvalue weighted by atomic mass is 16.5. The van der Waals surface area contributed by atoms with Crippen LogP contribution in [0.1, 0.15) is 290 Å². The molecule has 0 fully saturated rings. The Kier molecular flexibility index (Phi) is 49.5. The third-order valence-corrected chi connectivity index (χ3v) is 12.8. The molecule has 63 heavy (non-hydrogen) atoms. The maximum Gasteiger partial charge on any atom is 0.306 e. The van der Waals surface area contributed by atoms with Crippen molar-refractivity contribution >= 4 is 11.9 Å². The lowest BCUT2D eigenvalue weighted by Crippen LogP contribution is -2.46. The van der Waals surface area contributed by atoms with Gasteiger partial charge in [-0.3, -0.25) is 9.59 Å². The Hall–Kier alpha value is -1.92. The maximum absolute atomic E-state index is 13.2. The highest BCUT2D eigenvalue weighted by molar-refractivity contribution is 5.77. The standard InChI is InChI=1S/C57H107NO5/c1-4-7-10-13-16-19-22-24-26-28-29-31-33-35-38-41-44-47-50-57(62)63-53(48-45-42-39-36-34-32-30-27-25-23-20-17-14-11-8-5-2)51-56(61)58-54(52-59)55(60)49-46-43-40-37-21-18-15-12-9-6-3/h23,25,27,30,32,34,53-55,59-60H,4-22,24,26,28-29,31,33,35-52H2,1-3H3,(H,58,61)/b25-23+,30-27+,34-32+. The van der Waals surface area contributed by atoms with Gasteiger partial charge in [-0.15, -0.1) is 0 Å². The van der Waals surface area contributed by atoms with Crippen molar-refractivity contribution in [3.05, 3.63) is 36.5 Å². The minimum absolute atomic E-state index is 0.0588. The Morgan fingerprint density at radius 2 is 0.810 bits per heavy atom. The maximum atomic E-state index is 13.2. The lowest BCUT2D eigenvalue weighted by Gasteiger charge is -2.24. The largest absolute Gasteiger partial charge is 0.462 e. The third-order valence-electron chi connectivity index (χ3n) is 12.8. The van der Waals surface area contributed by atoms with Gasteiger partial charge in [-0.1, -0.05) is 263 Å². The summed E-state index contributed by atoms with van der Waals surface area (Å²) in [4.78, 5) is 26.2. The number of amides is 1. The molecule has 0 radical (unpaired) electrons. The van der Waals surface area contributed by atoms with E-state index < -0.39 is 18.2 Å². The number of allylic oxidation sites excluding steroid dienone is 6. The van der Waals surface area contributed by atoms with E-state index in [1.807, 2.05) is 0 Å². The zero-order chi connectivity index (χ0) is 45.9. The van der Waals surface area contributed by atoms with Crippen LogP contribution in [0.3, 0.4) is 0 Å². The molecule has 370 valence electrons. The summed E-state index contributed by atoms with van der Waals surface area (Å²) >= 11 is 0. The number of rotatable bonds is 50. The average Bonchev–Trinajstić information content (AvgIpc) is 3.28. The molecule has 1 amide bonds. The number of carbonyl (C=O) groups excluding carboxylic acids is 2. The van der Waals surface area contributed by atoms with Crippen LogP contribution >= 0.6 is 0 Å². The first-order valence-corrected chi connectivity index (χ1v) is 27.7. The van der Waals surface area contributed by atoms with E-state index in [9.17, 15) is 19.8 Å². The fourth-order valence-corrected chi connectivity index (χ4v) is 8.55. The summed E-state index contributed by atoms with van der Waals surface area (Å²) in [7, 11) is 0. The summed E-state index contributed by atoms with van der Waals surface area (Å²) in [5.41, 5.74) is 0. The SMILES string of the molecule is CCCCCCC/C=C/C=C/C=C/CCCCCC(CC(=O)NC(CO)C(O)CCCCCCCCCCCC)OC(=O)CCCCCCCCCCCCCCCCCCCC. The van der Waals surface area contributed by atoms with Crippen molar-refractivity contribution in [3.63, 3.8) is 0 Å². The Morgan fingerprint density at radius 3 is 1.22 bits per heavy atom. The van der Waals surface area contributed by atoms with E-state index >= 15 is 0 Å². The number of nitrogens with one attached hydrogen (secondary N) is 1. The van der Waals surface area contributed by atoms with Crippen LogP contribution in [0.25, 0.3) is 0 Å². The van der Waals surface area contributed by atoms with Crippen LogP contribution in [0.5, 0.6) is 0 Å². The minimum atomic E-state index is -0.794. The predicted molar refractivity (Wildman–Crippen MR) is 273 cm³/mol. The highest BCUT2D eigenvalue weighted by Gasteiger charge is 2.24. The van der Waals surface area contributed by atoms with E-state index in [1.165, 1.54) is 173 Å². The number of esters is 1. The molecule has 0 bridgehead atoms. The topological polar surface area (TPSA) is 95.9 Å². The van der Waals surface area contributed by atoms with E-state index in [4.69, 9.17) is 4.74 Å². The Labute approximate surface area is 392 Å². The Bertz CT molecular complexity index is 1040. The molecule has 3 N–H and O–H groups in total. The van der Waals surface area contributed by atoms with Crippen molar-refractivity contribution in [3.8, 4) is 0 Å². The summed E-state index contributed by atoms with van der Waals surface area (Å²) < 4.78 is 5.94. The normalized spacial score (nSPS) is 13.4. The Balaban J connectivity index is 4.58. The molecule has 0 aromatic carbocycles. The number of hydrogen-bond donors (Lipinski definition) is 3. The van der Waals surface area contributed by atoms with Gasteiger partial charge >= 0.3 is 5.97 Å². The van der Waals surface area contributed by atoms with Crippen LogP contribution in [0.15, 0.2) is 36.5 Å². The summed E-state index contributed by atoms with van der Waals surface area (Å²) in [6, 6.07) is -0.709. The van der Waals surface area contributed by atoms with E-state index in [0.29, 0.717) is 19.3 Å². The molecule has 6 heteroatoms. The molecule has 3 unspecified atom stereocenters. The van der Waals surface area contributed by atoms with Gasteiger partial charge in [0.25, 0.3) is 0 Å². The second-order valence-corrected chi connectivity index (χ2v) is 19.1. The number of hydrogen-bond acceptors (Lipinski definition) is 5. The van der Waals surface area contributed by atoms with Gasteiger partial charge in [0.05, 0.1) is 25.2 Å². The van der Waals surface area contributed by atoms with Crippen LogP contribution in [0.4, 0.5) is 0 Å². The molecule has 0 aromatic heterocycles. The van der Waals surface area contributed by atoms with Gasteiger partial charge in [0.15, 0.2) is 0 Å². The molecule has 0 aliphatic carbocycles. The van der Waals surface area contributed by atoms with Crippen LogP contribution in [0, 0.1) is 0 Å². The van der Waals surface area contributed by atoms with Crippen molar-refractivity contribution < 1.29 is 24.5 Å². The molecule has 0 saturated carbocycles. The first-order chi connectivity index (χ1) is 31.0. The molecule has 0 heterocycles. The lowest BCUT2D eigenvalue weighted by molar-refractivity contribution is -0.151. The quantitative estimate of drug-likeness (QED) is 0.0321. The molecule has 0 aromatic rings. The Morgan fingerprint density at radius 1 is 0.460 bits per heavy atom. The molecule has 0 aliphatic rings.